The Morgan fingerprint density at radius 2 is 2.06 bits per heavy atom. The molecule has 0 saturated carbocycles. The molecule has 1 saturated heterocycles. The lowest BCUT2D eigenvalue weighted by molar-refractivity contribution is 0.0406. The Morgan fingerprint density at radius 1 is 1.41 bits per heavy atom. The van der Waals surface area contributed by atoms with Gasteiger partial charge < -0.3 is 19.6 Å². The first-order valence-electron chi connectivity index (χ1n) is 6.69. The van der Waals surface area contributed by atoms with Crippen molar-refractivity contribution in [3.05, 3.63) is 0 Å². The second kappa shape index (κ2) is 8.03. The Morgan fingerprint density at radius 3 is 2.65 bits per heavy atom. The van der Waals surface area contributed by atoms with Crippen LogP contribution in [0.3, 0.4) is 0 Å². The number of likely N-dealkylation sites (N-methyl/N-ethyl adjacent to an activating group) is 1. The van der Waals surface area contributed by atoms with Crippen molar-refractivity contribution in [2.75, 3.05) is 53.5 Å². The summed E-state index contributed by atoms with van der Waals surface area (Å²) in [6.45, 7) is 8.05. The van der Waals surface area contributed by atoms with Gasteiger partial charge in [-0.3, -0.25) is 0 Å². The summed E-state index contributed by atoms with van der Waals surface area (Å²) in [5, 5.41) is 9.61. The molecular weight excluding hydrogens is 216 g/mol. The van der Waals surface area contributed by atoms with E-state index in [9.17, 15) is 5.11 Å². The molecule has 0 aromatic heterocycles. The Labute approximate surface area is 106 Å². The van der Waals surface area contributed by atoms with Gasteiger partial charge in [0.2, 0.25) is 0 Å². The second-order valence-electron chi connectivity index (χ2n) is 5.40. The van der Waals surface area contributed by atoms with Gasteiger partial charge in [-0.25, -0.2) is 0 Å². The standard InChI is InChI=1S/C13H28N2O2/c1-12-4-6-15(7-5-12)9-8-14(2)10-13(16)11-17-3/h12-13,16H,4-11H2,1-3H3. The van der Waals surface area contributed by atoms with Crippen molar-refractivity contribution in [1.29, 1.82) is 0 Å². The summed E-state index contributed by atoms with van der Waals surface area (Å²) in [6, 6.07) is 0. The molecule has 1 aliphatic heterocycles. The van der Waals surface area contributed by atoms with Crippen molar-refractivity contribution >= 4 is 0 Å². The van der Waals surface area contributed by atoms with Crippen molar-refractivity contribution in [1.82, 2.24) is 9.80 Å². The molecule has 1 heterocycles. The molecule has 0 aromatic carbocycles. The number of hydrogen-bond donors (Lipinski definition) is 1. The molecule has 4 nitrogen and oxygen atoms in total. The van der Waals surface area contributed by atoms with Gasteiger partial charge in [-0.1, -0.05) is 6.92 Å². The van der Waals surface area contributed by atoms with E-state index < -0.39 is 0 Å². The topological polar surface area (TPSA) is 35.9 Å². The van der Waals surface area contributed by atoms with Crippen molar-refractivity contribution < 1.29 is 9.84 Å². The van der Waals surface area contributed by atoms with Crippen LogP contribution in [0.5, 0.6) is 0 Å². The van der Waals surface area contributed by atoms with Crippen molar-refractivity contribution in [3.8, 4) is 0 Å². The summed E-state index contributed by atoms with van der Waals surface area (Å²) < 4.78 is 4.92. The highest BCUT2D eigenvalue weighted by molar-refractivity contribution is 4.71. The van der Waals surface area contributed by atoms with Crippen LogP contribution in [0.25, 0.3) is 0 Å². The molecule has 4 heteroatoms. The molecule has 1 aliphatic rings. The largest absolute Gasteiger partial charge is 0.389 e. The lowest BCUT2D eigenvalue weighted by Gasteiger charge is -2.31. The maximum Gasteiger partial charge on any atom is 0.0899 e. The molecule has 0 aromatic rings. The lowest BCUT2D eigenvalue weighted by atomic mass is 9.99. The molecule has 1 rings (SSSR count). The third kappa shape index (κ3) is 6.36. The van der Waals surface area contributed by atoms with Crippen molar-refractivity contribution in [2.45, 2.75) is 25.9 Å². The van der Waals surface area contributed by atoms with Crippen molar-refractivity contribution in [2.24, 2.45) is 5.92 Å². The summed E-state index contributed by atoms with van der Waals surface area (Å²) >= 11 is 0. The first-order chi connectivity index (χ1) is 8.11. The van der Waals surface area contributed by atoms with E-state index in [2.05, 4.69) is 23.8 Å². The fraction of sp³-hybridized carbons (Fsp3) is 1.00. The number of methoxy groups -OCH3 is 1. The number of rotatable bonds is 7. The molecule has 1 N–H and O–H groups in total. The van der Waals surface area contributed by atoms with Crippen LogP contribution in [0.4, 0.5) is 0 Å². The minimum Gasteiger partial charge on any atom is -0.389 e. The third-order valence-electron chi connectivity index (χ3n) is 3.56. The quantitative estimate of drug-likeness (QED) is 0.713. The molecule has 1 unspecified atom stereocenters. The van der Waals surface area contributed by atoms with Crippen LogP contribution >= 0.6 is 0 Å². The van der Waals surface area contributed by atoms with Crippen LogP contribution in [-0.2, 0) is 4.74 Å². The van der Waals surface area contributed by atoms with Gasteiger partial charge >= 0.3 is 0 Å². The number of aliphatic hydroxyl groups is 1. The summed E-state index contributed by atoms with van der Waals surface area (Å²) in [5.74, 6) is 0.896. The maximum atomic E-state index is 9.61. The van der Waals surface area contributed by atoms with E-state index in [1.54, 1.807) is 7.11 Å². The highest BCUT2D eigenvalue weighted by Gasteiger charge is 2.16. The number of nitrogens with zero attached hydrogens (tertiary/aromatic N) is 2. The Hall–Kier alpha value is -0.160. The molecule has 0 spiro atoms. The zero-order valence-electron chi connectivity index (χ0n) is 11.6. The van der Waals surface area contributed by atoms with Gasteiger partial charge in [-0.2, -0.15) is 0 Å². The molecule has 17 heavy (non-hydrogen) atoms. The molecule has 102 valence electrons. The van der Waals surface area contributed by atoms with Gasteiger partial charge in [0.05, 0.1) is 12.7 Å². The van der Waals surface area contributed by atoms with Crippen LogP contribution in [0.15, 0.2) is 0 Å². The van der Waals surface area contributed by atoms with Crippen LogP contribution in [0.2, 0.25) is 0 Å². The number of hydrogen-bond acceptors (Lipinski definition) is 4. The molecule has 0 radical (unpaired) electrons. The summed E-state index contributed by atoms with van der Waals surface area (Å²) in [4.78, 5) is 4.71. The van der Waals surface area contributed by atoms with Gasteiger partial charge in [0, 0.05) is 26.7 Å². The third-order valence-corrected chi connectivity index (χ3v) is 3.56. The monoisotopic (exact) mass is 244 g/mol. The average molecular weight is 244 g/mol. The zero-order valence-corrected chi connectivity index (χ0v) is 11.6. The summed E-state index contributed by atoms with van der Waals surface area (Å²) in [5.41, 5.74) is 0. The van der Waals surface area contributed by atoms with E-state index >= 15 is 0 Å². The fourth-order valence-corrected chi connectivity index (χ4v) is 2.29. The van der Waals surface area contributed by atoms with Gasteiger partial charge in [-0.05, 0) is 38.9 Å². The lowest BCUT2D eigenvalue weighted by Crippen LogP contribution is -2.40. The average Bonchev–Trinajstić information content (AvgIpc) is 2.28. The van der Waals surface area contributed by atoms with Gasteiger partial charge in [-0.15, -0.1) is 0 Å². The van der Waals surface area contributed by atoms with E-state index in [-0.39, 0.29) is 6.10 Å². The summed E-state index contributed by atoms with van der Waals surface area (Å²) in [7, 11) is 3.68. The normalized spacial score (nSPS) is 21.0. The number of piperidine rings is 1. The van der Waals surface area contributed by atoms with E-state index in [4.69, 9.17) is 4.74 Å². The van der Waals surface area contributed by atoms with Crippen LogP contribution in [-0.4, -0.2) is 74.5 Å². The van der Waals surface area contributed by atoms with E-state index in [0.717, 1.165) is 19.0 Å². The predicted molar refractivity (Wildman–Crippen MR) is 70.2 cm³/mol. The maximum absolute atomic E-state index is 9.61. The Bertz CT molecular complexity index is 194. The first-order valence-corrected chi connectivity index (χ1v) is 6.69. The highest BCUT2D eigenvalue weighted by atomic mass is 16.5. The van der Waals surface area contributed by atoms with Crippen LogP contribution in [0.1, 0.15) is 19.8 Å². The number of likely N-dealkylation sites (tertiary alicyclic amines) is 1. The van der Waals surface area contributed by atoms with E-state index in [0.29, 0.717) is 13.2 Å². The number of ether oxygens (including phenoxy) is 1. The minimum atomic E-state index is -0.369. The molecule has 0 amide bonds. The molecular formula is C13H28N2O2. The van der Waals surface area contributed by atoms with Crippen LogP contribution < -0.4 is 0 Å². The molecule has 1 atom stereocenters. The molecule has 0 bridgehead atoms. The van der Waals surface area contributed by atoms with E-state index in [1.165, 1.54) is 25.9 Å². The zero-order chi connectivity index (χ0) is 12.7. The minimum absolute atomic E-state index is 0.369. The highest BCUT2D eigenvalue weighted by Crippen LogP contribution is 2.15. The van der Waals surface area contributed by atoms with E-state index in [1.807, 2.05) is 0 Å². The van der Waals surface area contributed by atoms with Gasteiger partial charge in [0.15, 0.2) is 0 Å². The number of aliphatic hydroxyl groups excluding tert-OH is 1. The Balaban J connectivity index is 2.08. The predicted octanol–water partition coefficient (Wildman–Crippen LogP) is 0.657. The SMILES string of the molecule is COCC(O)CN(C)CCN1CCC(C)CC1. The molecule has 1 fully saturated rings. The summed E-state index contributed by atoms with van der Waals surface area (Å²) in [6.07, 6.45) is 2.29. The van der Waals surface area contributed by atoms with Gasteiger partial charge in [0.25, 0.3) is 0 Å². The molecule has 0 aliphatic carbocycles. The van der Waals surface area contributed by atoms with Gasteiger partial charge in [0.1, 0.15) is 0 Å². The smallest absolute Gasteiger partial charge is 0.0899 e. The second-order valence-corrected chi connectivity index (χ2v) is 5.40. The Kier molecular flexibility index (Phi) is 7.04. The van der Waals surface area contributed by atoms with Crippen molar-refractivity contribution in [3.63, 3.8) is 0 Å². The fourth-order valence-electron chi connectivity index (χ4n) is 2.29. The first kappa shape index (κ1) is 14.9. The van der Waals surface area contributed by atoms with Crippen LogP contribution in [0, 0.1) is 5.92 Å².